The summed E-state index contributed by atoms with van der Waals surface area (Å²) in [5.74, 6) is 0. The van der Waals surface area contributed by atoms with Crippen molar-refractivity contribution >= 4 is 27.2 Å². The molecule has 3 heterocycles. The summed E-state index contributed by atoms with van der Waals surface area (Å²) in [6.07, 6.45) is 1.53. The predicted molar refractivity (Wildman–Crippen MR) is 51.5 cm³/mol. The number of rotatable bonds is 0. The van der Waals surface area contributed by atoms with E-state index in [1.165, 1.54) is 17.7 Å². The maximum Gasteiger partial charge on any atom is 0.114 e. The van der Waals surface area contributed by atoms with Gasteiger partial charge in [-0.15, -0.1) is 0 Å². The molecule has 5 nitrogen and oxygen atoms in total. The minimum atomic E-state index is -0.310. The van der Waals surface area contributed by atoms with Crippen molar-refractivity contribution in [2.24, 2.45) is 0 Å². The third kappa shape index (κ3) is 1.71. The van der Waals surface area contributed by atoms with Gasteiger partial charge in [0.2, 0.25) is 0 Å². The topological polar surface area (TPSA) is 61.4 Å². The molecule has 2 radical (unpaired) electrons. The summed E-state index contributed by atoms with van der Waals surface area (Å²) >= 11 is 1.37. The van der Waals surface area contributed by atoms with Gasteiger partial charge in [-0.2, -0.15) is 0 Å². The van der Waals surface area contributed by atoms with Crippen LogP contribution in [0.4, 0.5) is 0 Å². The van der Waals surface area contributed by atoms with Crippen molar-refractivity contribution in [3.63, 3.8) is 0 Å². The Hall–Kier alpha value is -0.365. The van der Waals surface area contributed by atoms with Gasteiger partial charge in [-0.3, -0.25) is 11.3 Å². The Morgan fingerprint density at radius 2 is 2.25 bits per heavy atom. The van der Waals surface area contributed by atoms with Gasteiger partial charge in [-0.1, -0.05) is 11.1 Å². The molecule has 0 atom stereocenters. The van der Waals surface area contributed by atoms with Gasteiger partial charge in [-0.25, -0.2) is 0 Å². The van der Waals surface area contributed by atoms with Crippen LogP contribution in [0.5, 0.6) is 0 Å². The molecule has 0 aliphatic carbocycles. The fourth-order valence-corrected chi connectivity index (χ4v) is 2.32. The first kappa shape index (κ1) is 13.7. The molecular formula is C8H4N4ORe2S-2. The van der Waals surface area contributed by atoms with Crippen LogP contribution in [-0.4, -0.2) is 14.5 Å². The molecule has 84 valence electrons. The summed E-state index contributed by atoms with van der Waals surface area (Å²) < 4.78 is 1.72. The average Bonchev–Trinajstić information content (AvgIpc) is 2.71. The van der Waals surface area contributed by atoms with E-state index in [2.05, 4.69) is 20.7 Å². The molecular weight excluding hydrogens is 573 g/mol. The normalized spacial score (nSPS) is 10.1. The van der Waals surface area contributed by atoms with Gasteiger partial charge in [0.05, 0.1) is 11.8 Å². The molecule has 0 N–H and O–H groups in total. The van der Waals surface area contributed by atoms with Gasteiger partial charge in [0, 0.05) is 40.8 Å². The van der Waals surface area contributed by atoms with E-state index >= 15 is 0 Å². The van der Waals surface area contributed by atoms with Crippen LogP contribution in [0.25, 0.3) is 15.9 Å². The third-order valence-corrected chi connectivity index (χ3v) is 2.96. The molecule has 3 aromatic rings. The zero-order valence-corrected chi connectivity index (χ0v) is 14.2. The van der Waals surface area contributed by atoms with E-state index in [1.807, 2.05) is 6.92 Å². The number of aryl methyl sites for hydroxylation is 1. The van der Waals surface area contributed by atoms with Crippen LogP contribution in [-0.2, 0) is 40.8 Å². The van der Waals surface area contributed by atoms with Crippen molar-refractivity contribution in [1.29, 1.82) is 0 Å². The summed E-state index contributed by atoms with van der Waals surface area (Å²) in [5, 5.41) is 7.10. The number of hydrogen-bond acceptors (Lipinski definition) is 4. The SMILES string of the molecule is Cc1c2n[c-]sc2n2cn[n-]c(=O)c12.[Re].[Re]. The Bertz CT molecular complexity index is 686. The number of fused-ring (bicyclic) bond motifs is 3. The number of nitrogens with zero attached hydrogens (tertiary/aromatic N) is 4. The third-order valence-electron chi connectivity index (χ3n) is 2.19. The van der Waals surface area contributed by atoms with E-state index in [-0.39, 0.29) is 46.4 Å². The van der Waals surface area contributed by atoms with Crippen molar-refractivity contribution in [2.75, 3.05) is 0 Å². The molecule has 0 spiro atoms. The van der Waals surface area contributed by atoms with Gasteiger partial charge in [0.25, 0.3) is 0 Å². The Morgan fingerprint density at radius 1 is 1.50 bits per heavy atom. The fraction of sp³-hybridized carbons (Fsp3) is 0.125. The van der Waals surface area contributed by atoms with Crippen molar-refractivity contribution in [3.05, 3.63) is 27.8 Å². The molecule has 0 aliphatic rings. The van der Waals surface area contributed by atoms with Crippen LogP contribution in [0, 0.1) is 12.4 Å². The van der Waals surface area contributed by atoms with Gasteiger partial charge in [-0.05, 0) is 17.3 Å². The first-order valence-corrected chi connectivity index (χ1v) is 4.76. The maximum absolute atomic E-state index is 11.4. The largest absolute Gasteiger partial charge is 0.538 e. The first-order valence-electron chi connectivity index (χ1n) is 3.95. The molecule has 0 aliphatic heterocycles. The van der Waals surface area contributed by atoms with E-state index in [0.717, 1.165) is 15.9 Å². The monoisotopic (exact) mass is 578 g/mol. The Kier molecular flexibility index (Phi) is 4.17. The standard InChI is InChI=1S/C8H5N4OS.2Re/c1-4-5-8(14-3-9-5)12-2-10-11-7(13)6(4)12;;/h2H,1H3,(H,11,13);;/q-1;;/p-1. The van der Waals surface area contributed by atoms with E-state index in [9.17, 15) is 4.79 Å². The zero-order chi connectivity index (χ0) is 9.71. The van der Waals surface area contributed by atoms with E-state index in [1.54, 1.807) is 4.40 Å². The predicted octanol–water partition coefficient (Wildman–Crippen LogP) is 0.365. The zero-order valence-electron chi connectivity index (χ0n) is 7.94. The fourth-order valence-electron chi connectivity index (χ4n) is 1.56. The van der Waals surface area contributed by atoms with Gasteiger partial charge >= 0.3 is 0 Å². The number of hydrogen-bond donors (Lipinski definition) is 0. The van der Waals surface area contributed by atoms with Crippen LogP contribution >= 0.6 is 11.3 Å². The van der Waals surface area contributed by atoms with Crippen LogP contribution in [0.1, 0.15) is 5.56 Å². The quantitative estimate of drug-likeness (QED) is 0.363. The Labute approximate surface area is 122 Å². The minimum Gasteiger partial charge on any atom is -0.538 e. The second kappa shape index (κ2) is 4.87. The molecule has 3 rings (SSSR count). The smallest absolute Gasteiger partial charge is 0.114 e. The second-order valence-corrected chi connectivity index (χ2v) is 3.71. The molecule has 0 aromatic carbocycles. The molecule has 0 saturated heterocycles. The van der Waals surface area contributed by atoms with Crippen LogP contribution in [0.2, 0.25) is 0 Å². The molecule has 0 bridgehead atoms. The van der Waals surface area contributed by atoms with Crippen molar-refractivity contribution < 1.29 is 40.8 Å². The maximum atomic E-state index is 11.4. The van der Waals surface area contributed by atoms with Crippen molar-refractivity contribution in [3.8, 4) is 0 Å². The molecule has 3 aromatic heterocycles. The second-order valence-electron chi connectivity index (χ2n) is 2.94. The van der Waals surface area contributed by atoms with Gasteiger partial charge < -0.3 is 24.4 Å². The van der Waals surface area contributed by atoms with E-state index in [0.29, 0.717) is 5.52 Å². The summed E-state index contributed by atoms with van der Waals surface area (Å²) in [4.78, 5) is 16.4. The number of thiazole rings is 1. The summed E-state index contributed by atoms with van der Waals surface area (Å²) in [6, 6.07) is 0. The van der Waals surface area contributed by atoms with Crippen molar-refractivity contribution in [1.82, 2.24) is 19.6 Å². The van der Waals surface area contributed by atoms with Crippen LogP contribution in [0.15, 0.2) is 11.1 Å². The molecule has 0 unspecified atom stereocenters. The average molecular weight is 577 g/mol. The molecule has 0 saturated carbocycles. The van der Waals surface area contributed by atoms with Gasteiger partial charge in [0.15, 0.2) is 0 Å². The van der Waals surface area contributed by atoms with E-state index < -0.39 is 0 Å². The molecule has 8 heteroatoms. The van der Waals surface area contributed by atoms with Crippen molar-refractivity contribution in [2.45, 2.75) is 6.92 Å². The summed E-state index contributed by atoms with van der Waals surface area (Å²) in [6.45, 7) is 1.86. The number of aromatic nitrogens is 4. The summed E-state index contributed by atoms with van der Waals surface area (Å²) in [5.41, 5.74) is 4.69. The Balaban J connectivity index is 0.000000640. The summed E-state index contributed by atoms with van der Waals surface area (Å²) in [7, 11) is 0. The van der Waals surface area contributed by atoms with Gasteiger partial charge in [0.1, 0.15) is 5.56 Å². The first-order chi connectivity index (χ1) is 6.79. The van der Waals surface area contributed by atoms with E-state index in [4.69, 9.17) is 0 Å². The molecule has 16 heavy (non-hydrogen) atoms. The van der Waals surface area contributed by atoms with Crippen LogP contribution < -0.4 is 10.7 Å². The van der Waals surface area contributed by atoms with Crippen LogP contribution in [0.3, 0.4) is 0 Å². The molecule has 0 amide bonds. The molecule has 0 fully saturated rings. The minimum absolute atomic E-state index is 0. The Morgan fingerprint density at radius 3 is 3.00 bits per heavy atom.